The Morgan fingerprint density at radius 3 is 2.84 bits per heavy atom. The maximum atomic E-state index is 4.85. The van der Waals surface area contributed by atoms with Crippen molar-refractivity contribution < 1.29 is 0 Å². The van der Waals surface area contributed by atoms with Crippen molar-refractivity contribution in [1.82, 2.24) is 14.9 Å². The molecule has 2 atom stereocenters. The minimum Gasteiger partial charge on any atom is -0.331 e. The maximum absolute atomic E-state index is 4.85. The van der Waals surface area contributed by atoms with Crippen molar-refractivity contribution in [2.75, 3.05) is 6.54 Å². The van der Waals surface area contributed by atoms with E-state index in [-0.39, 0.29) is 5.92 Å². The highest BCUT2D eigenvalue weighted by Gasteiger charge is 2.27. The van der Waals surface area contributed by atoms with E-state index in [1.54, 1.807) is 0 Å². The van der Waals surface area contributed by atoms with Gasteiger partial charge in [0.1, 0.15) is 5.82 Å². The Morgan fingerprint density at radius 1 is 1.42 bits per heavy atom. The van der Waals surface area contributed by atoms with E-state index in [0.717, 1.165) is 25.8 Å². The SMILES string of the molecule is C=CC1c2nc(CCC)n(C)c2C=CC1NCCC. The van der Waals surface area contributed by atoms with Crippen LogP contribution in [0.2, 0.25) is 0 Å². The van der Waals surface area contributed by atoms with Gasteiger partial charge in [0, 0.05) is 25.4 Å². The summed E-state index contributed by atoms with van der Waals surface area (Å²) in [6.07, 6.45) is 9.79. The first-order valence-corrected chi connectivity index (χ1v) is 7.32. The first-order chi connectivity index (χ1) is 9.22. The van der Waals surface area contributed by atoms with Crippen LogP contribution in [0.15, 0.2) is 18.7 Å². The van der Waals surface area contributed by atoms with Crippen molar-refractivity contribution >= 4 is 6.08 Å². The average Bonchev–Trinajstić information content (AvgIpc) is 2.73. The lowest BCUT2D eigenvalue weighted by atomic mass is 9.90. The summed E-state index contributed by atoms with van der Waals surface area (Å²) in [6.45, 7) is 9.42. The van der Waals surface area contributed by atoms with E-state index in [2.05, 4.69) is 49.5 Å². The predicted molar refractivity (Wildman–Crippen MR) is 81.3 cm³/mol. The van der Waals surface area contributed by atoms with Crippen molar-refractivity contribution in [3.05, 3.63) is 35.9 Å². The van der Waals surface area contributed by atoms with Gasteiger partial charge in [-0.15, -0.1) is 6.58 Å². The normalized spacial score (nSPS) is 21.4. The van der Waals surface area contributed by atoms with E-state index in [4.69, 9.17) is 4.98 Å². The summed E-state index contributed by atoms with van der Waals surface area (Å²) < 4.78 is 2.22. The summed E-state index contributed by atoms with van der Waals surface area (Å²) in [7, 11) is 2.11. The number of aromatic nitrogens is 2. The average molecular weight is 259 g/mol. The zero-order valence-corrected chi connectivity index (χ0v) is 12.3. The molecule has 0 aromatic carbocycles. The van der Waals surface area contributed by atoms with Gasteiger partial charge in [-0.25, -0.2) is 4.98 Å². The third kappa shape index (κ3) is 2.66. The molecule has 0 spiro atoms. The summed E-state index contributed by atoms with van der Waals surface area (Å²) in [5.41, 5.74) is 2.42. The van der Waals surface area contributed by atoms with Crippen LogP contribution >= 0.6 is 0 Å². The maximum Gasteiger partial charge on any atom is 0.109 e. The molecule has 1 aliphatic rings. The van der Waals surface area contributed by atoms with Gasteiger partial charge in [-0.1, -0.05) is 26.0 Å². The number of imidazole rings is 1. The van der Waals surface area contributed by atoms with Gasteiger partial charge in [0.15, 0.2) is 0 Å². The standard InChI is InChI=1S/C16H25N3/c1-5-8-15-18-16-12(7-3)13(17-11-6-2)9-10-14(16)19(15)4/h7,9-10,12-13,17H,3,5-6,8,11H2,1-2,4H3. The zero-order valence-electron chi connectivity index (χ0n) is 12.3. The molecule has 19 heavy (non-hydrogen) atoms. The van der Waals surface area contributed by atoms with Gasteiger partial charge in [-0.05, 0) is 25.5 Å². The molecule has 2 unspecified atom stereocenters. The molecule has 0 saturated heterocycles. The van der Waals surface area contributed by atoms with Crippen LogP contribution in [0.4, 0.5) is 0 Å². The highest BCUT2D eigenvalue weighted by atomic mass is 15.1. The lowest BCUT2D eigenvalue weighted by molar-refractivity contribution is 0.538. The molecular weight excluding hydrogens is 234 g/mol. The number of hydrogen-bond donors (Lipinski definition) is 1. The number of fused-ring (bicyclic) bond motifs is 1. The van der Waals surface area contributed by atoms with E-state index in [1.807, 2.05) is 6.08 Å². The Hall–Kier alpha value is -1.35. The lowest BCUT2D eigenvalue weighted by Gasteiger charge is -2.25. The highest BCUT2D eigenvalue weighted by Crippen LogP contribution is 2.31. The minimum atomic E-state index is 0.281. The van der Waals surface area contributed by atoms with Gasteiger partial charge in [-0.2, -0.15) is 0 Å². The number of aryl methyl sites for hydroxylation is 1. The van der Waals surface area contributed by atoms with Gasteiger partial charge >= 0.3 is 0 Å². The summed E-state index contributed by atoms with van der Waals surface area (Å²) in [5, 5.41) is 3.57. The Labute approximate surface area is 116 Å². The van der Waals surface area contributed by atoms with E-state index in [0.29, 0.717) is 6.04 Å². The van der Waals surface area contributed by atoms with Crippen molar-refractivity contribution in [3.63, 3.8) is 0 Å². The Morgan fingerprint density at radius 2 is 2.21 bits per heavy atom. The molecule has 0 saturated carbocycles. The molecule has 1 heterocycles. The second-order valence-corrected chi connectivity index (χ2v) is 5.21. The quantitative estimate of drug-likeness (QED) is 0.796. The van der Waals surface area contributed by atoms with Crippen LogP contribution in [0.3, 0.4) is 0 Å². The van der Waals surface area contributed by atoms with E-state index < -0.39 is 0 Å². The van der Waals surface area contributed by atoms with Crippen molar-refractivity contribution in [3.8, 4) is 0 Å². The second kappa shape index (κ2) is 6.20. The molecule has 104 valence electrons. The molecule has 3 nitrogen and oxygen atoms in total. The Balaban J connectivity index is 2.31. The van der Waals surface area contributed by atoms with Gasteiger partial charge in [0.25, 0.3) is 0 Å². The van der Waals surface area contributed by atoms with Crippen LogP contribution in [0.1, 0.15) is 49.8 Å². The largest absolute Gasteiger partial charge is 0.331 e. The van der Waals surface area contributed by atoms with Crippen molar-refractivity contribution in [2.45, 2.75) is 45.1 Å². The molecule has 1 N–H and O–H groups in total. The Kier molecular flexibility index (Phi) is 4.59. The fourth-order valence-corrected chi connectivity index (χ4v) is 2.72. The van der Waals surface area contributed by atoms with Crippen LogP contribution < -0.4 is 5.32 Å². The van der Waals surface area contributed by atoms with Crippen LogP contribution in [-0.4, -0.2) is 22.1 Å². The summed E-state index contributed by atoms with van der Waals surface area (Å²) >= 11 is 0. The van der Waals surface area contributed by atoms with Crippen LogP contribution in [-0.2, 0) is 13.5 Å². The first-order valence-electron chi connectivity index (χ1n) is 7.32. The molecule has 0 aliphatic heterocycles. The lowest BCUT2D eigenvalue weighted by Crippen LogP contribution is -2.35. The number of nitrogens with zero attached hydrogens (tertiary/aromatic N) is 2. The molecule has 1 aliphatic carbocycles. The summed E-state index contributed by atoms with van der Waals surface area (Å²) in [4.78, 5) is 4.85. The smallest absolute Gasteiger partial charge is 0.109 e. The molecule has 1 aromatic rings. The van der Waals surface area contributed by atoms with Crippen LogP contribution in [0, 0.1) is 0 Å². The highest BCUT2D eigenvalue weighted by molar-refractivity contribution is 5.56. The molecule has 1 aromatic heterocycles. The fourth-order valence-electron chi connectivity index (χ4n) is 2.72. The van der Waals surface area contributed by atoms with Crippen molar-refractivity contribution in [1.29, 1.82) is 0 Å². The molecule has 0 fully saturated rings. The zero-order chi connectivity index (χ0) is 13.8. The van der Waals surface area contributed by atoms with Crippen molar-refractivity contribution in [2.24, 2.45) is 7.05 Å². The molecule has 0 radical (unpaired) electrons. The molecule has 3 heteroatoms. The number of nitrogens with one attached hydrogen (secondary N) is 1. The van der Waals surface area contributed by atoms with E-state index in [9.17, 15) is 0 Å². The second-order valence-electron chi connectivity index (χ2n) is 5.21. The predicted octanol–water partition coefficient (Wildman–Crippen LogP) is 3.04. The van der Waals surface area contributed by atoms with E-state index >= 15 is 0 Å². The minimum absolute atomic E-state index is 0.281. The van der Waals surface area contributed by atoms with Gasteiger partial charge in [-0.3, -0.25) is 0 Å². The van der Waals surface area contributed by atoms with Gasteiger partial charge in [0.05, 0.1) is 11.4 Å². The molecule has 0 amide bonds. The number of hydrogen-bond acceptors (Lipinski definition) is 2. The van der Waals surface area contributed by atoms with Crippen LogP contribution in [0.25, 0.3) is 6.08 Å². The summed E-state index contributed by atoms with van der Waals surface area (Å²) in [6, 6.07) is 0.328. The number of rotatable bonds is 6. The summed E-state index contributed by atoms with van der Waals surface area (Å²) in [5.74, 6) is 1.46. The monoisotopic (exact) mass is 259 g/mol. The van der Waals surface area contributed by atoms with Gasteiger partial charge < -0.3 is 9.88 Å². The third-order valence-electron chi connectivity index (χ3n) is 3.78. The molecular formula is C16H25N3. The Bertz CT molecular complexity index is 471. The molecule has 2 rings (SSSR count). The fraction of sp³-hybridized carbons (Fsp3) is 0.562. The molecule has 0 bridgehead atoms. The third-order valence-corrected chi connectivity index (χ3v) is 3.78. The first kappa shape index (κ1) is 14.1. The topological polar surface area (TPSA) is 29.9 Å². The van der Waals surface area contributed by atoms with Crippen LogP contribution in [0.5, 0.6) is 0 Å². The van der Waals surface area contributed by atoms with E-state index in [1.165, 1.54) is 17.2 Å². The van der Waals surface area contributed by atoms with Gasteiger partial charge in [0.2, 0.25) is 0 Å².